The summed E-state index contributed by atoms with van der Waals surface area (Å²) in [6, 6.07) is 5.25. The van der Waals surface area contributed by atoms with Gasteiger partial charge in [-0.15, -0.1) is 0 Å². The number of carbonyl (C=O) groups is 3. The predicted octanol–water partition coefficient (Wildman–Crippen LogP) is 5.04. The molecule has 0 spiro atoms. The molecule has 0 radical (unpaired) electrons. The van der Waals surface area contributed by atoms with Crippen LogP contribution < -0.4 is 20.1 Å². The first-order valence-corrected chi connectivity index (χ1v) is 15.8. The summed E-state index contributed by atoms with van der Waals surface area (Å²) in [5.41, 5.74) is -5.75. The third kappa shape index (κ3) is 7.34. The Morgan fingerprint density at radius 3 is 2.31 bits per heavy atom. The summed E-state index contributed by atoms with van der Waals surface area (Å²) in [7, 11) is -4.39. The number of methoxy groups -OCH3 is 1. The second-order valence-corrected chi connectivity index (χ2v) is 13.6. The molecule has 45 heavy (non-hydrogen) atoms. The Morgan fingerprint density at radius 2 is 1.69 bits per heavy atom. The fourth-order valence-corrected chi connectivity index (χ4v) is 6.66. The van der Waals surface area contributed by atoms with Gasteiger partial charge >= 0.3 is 11.5 Å². The minimum Gasteiger partial charge on any atom is -0.496 e. The molecule has 2 fully saturated rings. The monoisotopic (exact) mass is 658 g/mol. The number of alkyl halides is 3. The number of sulfone groups is 1. The zero-order valence-electron chi connectivity index (χ0n) is 24.7. The van der Waals surface area contributed by atoms with Crippen LogP contribution in [0.1, 0.15) is 49.9 Å². The topological polar surface area (TPSA) is 148 Å². The van der Waals surface area contributed by atoms with Gasteiger partial charge in [0.15, 0.2) is 11.6 Å². The minimum absolute atomic E-state index is 0.0545. The Hall–Kier alpha value is -3.88. The molecule has 2 aliphatic carbocycles. The SMILES string of the molecule is COc1cc(F)c(OCC2CC(C(=O)O)C2)cc1C(=O)N[C@H]1[C@@H](C(=O)Nc2cccc(S(=O)(=O)C(F)(F)F)c2)[C@H](C)CC[C@@H]1C. The number of hydrogen-bond acceptors (Lipinski definition) is 7. The van der Waals surface area contributed by atoms with Crippen LogP contribution in [0, 0.1) is 35.4 Å². The molecule has 4 atom stereocenters. The number of carboxylic acids is 1. The summed E-state index contributed by atoms with van der Waals surface area (Å²) in [5.74, 6) is -5.23. The summed E-state index contributed by atoms with van der Waals surface area (Å²) in [5, 5.41) is 14.4. The van der Waals surface area contributed by atoms with Gasteiger partial charge in [0, 0.05) is 17.8 Å². The second-order valence-electron chi connectivity index (χ2n) is 11.7. The molecule has 2 aliphatic rings. The Bertz CT molecular complexity index is 1560. The Kier molecular flexibility index (Phi) is 10.00. The lowest BCUT2D eigenvalue weighted by molar-refractivity contribution is -0.146. The number of benzene rings is 2. The third-order valence-corrected chi connectivity index (χ3v) is 10.0. The zero-order valence-corrected chi connectivity index (χ0v) is 25.5. The molecule has 246 valence electrons. The first-order valence-electron chi connectivity index (χ1n) is 14.3. The fourth-order valence-electron chi connectivity index (χ4n) is 5.85. The van der Waals surface area contributed by atoms with Crippen LogP contribution in [0.25, 0.3) is 0 Å². The smallest absolute Gasteiger partial charge is 0.496 e. The number of halogens is 4. The van der Waals surface area contributed by atoms with E-state index in [0.29, 0.717) is 25.7 Å². The van der Waals surface area contributed by atoms with Gasteiger partial charge in [0.2, 0.25) is 5.91 Å². The number of carbonyl (C=O) groups excluding carboxylic acids is 2. The molecule has 0 heterocycles. The quantitative estimate of drug-likeness (QED) is 0.301. The highest BCUT2D eigenvalue weighted by atomic mass is 32.2. The molecular formula is C30H34F4N2O8S. The van der Waals surface area contributed by atoms with E-state index in [0.717, 1.165) is 24.3 Å². The molecule has 10 nitrogen and oxygen atoms in total. The van der Waals surface area contributed by atoms with Crippen molar-refractivity contribution in [3.8, 4) is 11.5 Å². The van der Waals surface area contributed by atoms with Gasteiger partial charge in [-0.25, -0.2) is 12.8 Å². The van der Waals surface area contributed by atoms with Gasteiger partial charge in [0.05, 0.1) is 36.0 Å². The summed E-state index contributed by atoms with van der Waals surface area (Å²) < 4.78 is 88.6. The van der Waals surface area contributed by atoms with Gasteiger partial charge in [-0.2, -0.15) is 13.2 Å². The van der Waals surface area contributed by atoms with Crippen LogP contribution >= 0.6 is 0 Å². The van der Waals surface area contributed by atoms with E-state index in [2.05, 4.69) is 10.6 Å². The van der Waals surface area contributed by atoms with Crippen molar-refractivity contribution in [2.45, 2.75) is 56.0 Å². The Balaban J connectivity index is 1.53. The highest BCUT2D eigenvalue weighted by Crippen LogP contribution is 2.38. The summed E-state index contributed by atoms with van der Waals surface area (Å²) in [4.78, 5) is 37.1. The average molecular weight is 659 g/mol. The maximum absolute atomic E-state index is 14.8. The molecule has 0 aromatic heterocycles. The van der Waals surface area contributed by atoms with Crippen LogP contribution in [-0.2, 0) is 19.4 Å². The second kappa shape index (κ2) is 13.2. The maximum Gasteiger partial charge on any atom is 0.501 e. The van der Waals surface area contributed by atoms with Crippen molar-refractivity contribution >= 4 is 33.3 Å². The molecule has 2 aromatic rings. The largest absolute Gasteiger partial charge is 0.501 e. The molecule has 0 saturated heterocycles. The van der Waals surface area contributed by atoms with Crippen LogP contribution in [0.4, 0.5) is 23.2 Å². The van der Waals surface area contributed by atoms with Crippen LogP contribution in [0.15, 0.2) is 41.3 Å². The van der Waals surface area contributed by atoms with Crippen molar-refractivity contribution in [1.29, 1.82) is 0 Å². The maximum atomic E-state index is 14.8. The third-order valence-electron chi connectivity index (χ3n) is 8.57. The van der Waals surface area contributed by atoms with E-state index in [1.807, 2.05) is 6.92 Å². The lowest BCUT2D eigenvalue weighted by Crippen LogP contribution is -2.53. The van der Waals surface area contributed by atoms with E-state index in [-0.39, 0.29) is 47.1 Å². The van der Waals surface area contributed by atoms with Crippen LogP contribution in [0.2, 0.25) is 0 Å². The van der Waals surface area contributed by atoms with Gasteiger partial charge < -0.3 is 25.2 Å². The van der Waals surface area contributed by atoms with Gasteiger partial charge in [-0.1, -0.05) is 19.9 Å². The number of aliphatic carboxylic acids is 1. The fraction of sp³-hybridized carbons (Fsp3) is 0.500. The lowest BCUT2D eigenvalue weighted by atomic mass is 9.71. The van der Waals surface area contributed by atoms with E-state index in [4.69, 9.17) is 14.6 Å². The number of amides is 2. The zero-order chi connectivity index (χ0) is 33.3. The highest BCUT2D eigenvalue weighted by molar-refractivity contribution is 7.92. The van der Waals surface area contributed by atoms with Crippen molar-refractivity contribution in [1.82, 2.24) is 5.32 Å². The van der Waals surface area contributed by atoms with Crippen LogP contribution in [0.5, 0.6) is 11.5 Å². The lowest BCUT2D eigenvalue weighted by Gasteiger charge is -2.40. The minimum atomic E-state index is -5.64. The number of hydrogen-bond donors (Lipinski definition) is 3. The molecular weight excluding hydrogens is 624 g/mol. The number of ether oxygens (including phenoxy) is 2. The Morgan fingerprint density at radius 1 is 1.02 bits per heavy atom. The summed E-state index contributed by atoms with van der Waals surface area (Å²) in [6.45, 7) is 3.67. The first kappa shape index (κ1) is 34.0. The van der Waals surface area contributed by atoms with Gasteiger partial charge in [0.1, 0.15) is 5.75 Å². The van der Waals surface area contributed by atoms with Crippen LogP contribution in [-0.4, -0.2) is 56.6 Å². The van der Waals surface area contributed by atoms with E-state index in [1.165, 1.54) is 19.2 Å². The number of carboxylic acid groups (broad SMARTS) is 1. The Labute approximate surface area is 257 Å². The van der Waals surface area contributed by atoms with Gasteiger partial charge in [-0.3, -0.25) is 14.4 Å². The van der Waals surface area contributed by atoms with Gasteiger partial charge in [0.25, 0.3) is 15.7 Å². The first-order chi connectivity index (χ1) is 21.0. The molecule has 2 amide bonds. The molecule has 2 aromatic carbocycles. The molecule has 0 unspecified atom stereocenters. The summed E-state index contributed by atoms with van der Waals surface area (Å²) >= 11 is 0. The number of rotatable bonds is 10. The molecule has 2 saturated carbocycles. The van der Waals surface area contributed by atoms with E-state index < -0.39 is 61.7 Å². The van der Waals surface area contributed by atoms with E-state index in [9.17, 15) is 40.4 Å². The molecule has 15 heteroatoms. The molecule has 4 rings (SSSR count). The normalized spacial score (nSPS) is 25.0. The highest BCUT2D eigenvalue weighted by Gasteiger charge is 2.47. The van der Waals surface area contributed by atoms with E-state index >= 15 is 0 Å². The molecule has 0 aliphatic heterocycles. The van der Waals surface area contributed by atoms with E-state index in [1.54, 1.807) is 6.92 Å². The van der Waals surface area contributed by atoms with Crippen molar-refractivity contribution < 1.29 is 54.9 Å². The van der Waals surface area contributed by atoms with Crippen molar-refractivity contribution in [2.24, 2.45) is 29.6 Å². The van der Waals surface area contributed by atoms with Crippen molar-refractivity contribution in [2.75, 3.05) is 19.0 Å². The van der Waals surface area contributed by atoms with Crippen LogP contribution in [0.3, 0.4) is 0 Å². The standard InChI is InChI=1S/C30H34F4N2O8S/c1-15-7-8-16(2)26(25(15)28(38)35-19-5-4-6-20(11-19)45(41,42)30(32,33)34)36-27(37)21-12-24(22(31)13-23(21)43-3)44-14-17-9-18(10-17)29(39)40/h4-6,11-13,15-18,25-26H,7-10,14H2,1-3H3,(H,35,38)(H,36,37)(H,39,40)/t15-,16+,17?,18?,25+,26-/m1/s1. The predicted molar refractivity (Wildman–Crippen MR) is 153 cm³/mol. The molecule has 3 N–H and O–H groups in total. The summed E-state index contributed by atoms with van der Waals surface area (Å²) in [6.07, 6.45) is 2.03. The number of nitrogens with one attached hydrogen (secondary N) is 2. The molecule has 0 bridgehead atoms. The average Bonchev–Trinajstić information content (AvgIpc) is 2.93. The van der Waals surface area contributed by atoms with Gasteiger partial charge in [-0.05, 0) is 67.7 Å². The van der Waals surface area contributed by atoms with Crippen molar-refractivity contribution in [3.63, 3.8) is 0 Å². The van der Waals surface area contributed by atoms with Crippen molar-refractivity contribution in [3.05, 3.63) is 47.8 Å². The number of anilines is 1.